The molecule has 0 N–H and O–H groups in total. The summed E-state index contributed by atoms with van der Waals surface area (Å²) in [5, 5.41) is 0. The molecule has 108 valence electrons. The van der Waals surface area contributed by atoms with Crippen LogP contribution < -0.4 is 0 Å². The Morgan fingerprint density at radius 3 is 3.00 bits per heavy atom. The van der Waals surface area contributed by atoms with E-state index in [1.165, 1.54) is 30.5 Å². The number of ether oxygens (including phenoxy) is 1. The van der Waals surface area contributed by atoms with Gasteiger partial charge in [0, 0.05) is 0 Å². The van der Waals surface area contributed by atoms with Crippen LogP contribution in [0.1, 0.15) is 31.2 Å². The summed E-state index contributed by atoms with van der Waals surface area (Å²) in [4.78, 5) is 0. The second-order valence-electron chi connectivity index (χ2n) is 5.53. The van der Waals surface area contributed by atoms with Gasteiger partial charge in [-0.15, -0.1) is 0 Å². The Kier molecular flexibility index (Phi) is 4.37. The van der Waals surface area contributed by atoms with Gasteiger partial charge in [-0.1, -0.05) is 35.6 Å². The molecule has 2 aliphatic carbocycles. The monoisotopic (exact) mass is 282 g/mol. The van der Waals surface area contributed by atoms with Crippen molar-refractivity contribution in [3.05, 3.63) is 77.0 Å². The van der Waals surface area contributed by atoms with Crippen LogP contribution in [0, 0.1) is 11.7 Å². The fourth-order valence-corrected chi connectivity index (χ4v) is 2.47. The molecule has 0 aliphatic heterocycles. The zero-order valence-corrected chi connectivity index (χ0v) is 12.0. The molecular formula is C19H19FO. The molecule has 0 radical (unpaired) electrons. The minimum absolute atomic E-state index is 0.232. The van der Waals surface area contributed by atoms with Crippen molar-refractivity contribution in [2.75, 3.05) is 0 Å². The normalized spacial score (nSPS) is 22.3. The number of rotatable bonds is 4. The van der Waals surface area contributed by atoms with E-state index in [2.05, 4.69) is 17.9 Å². The van der Waals surface area contributed by atoms with Crippen molar-refractivity contribution < 1.29 is 9.13 Å². The van der Waals surface area contributed by atoms with E-state index in [1.807, 2.05) is 18.2 Å². The standard InChI is InChI=1S/C19H19FO/c20-18-8-3-5-15(13-18)14-21-19-9-2-1-6-16(7-4-10-19)17-11-12-17/h2-6,8,10,13,17H,1,7,11-12,14H2/b10-4-,16-6+. The van der Waals surface area contributed by atoms with E-state index in [0.29, 0.717) is 12.4 Å². The zero-order chi connectivity index (χ0) is 14.5. The van der Waals surface area contributed by atoms with Crippen LogP contribution >= 0.6 is 0 Å². The van der Waals surface area contributed by atoms with Crippen LogP contribution in [0.5, 0.6) is 0 Å². The highest BCUT2D eigenvalue weighted by atomic mass is 19.1. The van der Waals surface area contributed by atoms with E-state index < -0.39 is 0 Å². The molecule has 2 aliphatic rings. The predicted octanol–water partition coefficient (Wildman–Crippen LogP) is 5.07. The Bertz CT molecular complexity index is 629. The fourth-order valence-electron chi connectivity index (χ4n) is 2.47. The van der Waals surface area contributed by atoms with E-state index >= 15 is 0 Å². The first-order chi connectivity index (χ1) is 10.3. The highest BCUT2D eigenvalue weighted by Crippen LogP contribution is 2.38. The summed E-state index contributed by atoms with van der Waals surface area (Å²) < 4.78 is 18.8. The predicted molar refractivity (Wildman–Crippen MR) is 82.0 cm³/mol. The van der Waals surface area contributed by atoms with Gasteiger partial charge in [-0.05, 0) is 61.4 Å². The van der Waals surface area contributed by atoms with Crippen LogP contribution in [0.4, 0.5) is 4.39 Å². The summed E-state index contributed by atoms with van der Waals surface area (Å²) in [7, 11) is 0. The third kappa shape index (κ3) is 4.21. The Morgan fingerprint density at radius 1 is 1.29 bits per heavy atom. The van der Waals surface area contributed by atoms with Crippen LogP contribution in [-0.2, 0) is 11.3 Å². The minimum Gasteiger partial charge on any atom is -0.481 e. The zero-order valence-electron chi connectivity index (χ0n) is 12.0. The molecule has 0 saturated heterocycles. The molecule has 0 amide bonds. The maximum absolute atomic E-state index is 13.1. The van der Waals surface area contributed by atoms with Crippen LogP contribution in [0.25, 0.3) is 0 Å². The molecule has 1 saturated carbocycles. The summed E-state index contributed by atoms with van der Waals surface area (Å²) in [6.45, 7) is 0.362. The number of halogens is 1. The molecule has 1 aromatic carbocycles. The quantitative estimate of drug-likeness (QED) is 0.553. The lowest BCUT2D eigenvalue weighted by Gasteiger charge is -2.05. The van der Waals surface area contributed by atoms with Crippen LogP contribution in [0.15, 0.2) is 65.6 Å². The van der Waals surface area contributed by atoms with Crippen LogP contribution in [0.3, 0.4) is 0 Å². The van der Waals surface area contributed by atoms with Gasteiger partial charge in [0.25, 0.3) is 0 Å². The second kappa shape index (κ2) is 6.60. The lowest BCUT2D eigenvalue weighted by Crippen LogP contribution is -1.92. The van der Waals surface area contributed by atoms with Gasteiger partial charge in [0.1, 0.15) is 12.4 Å². The summed E-state index contributed by atoms with van der Waals surface area (Å²) in [6, 6.07) is 6.49. The molecule has 0 atom stereocenters. The maximum atomic E-state index is 13.1. The first-order valence-electron chi connectivity index (χ1n) is 7.49. The van der Waals surface area contributed by atoms with Gasteiger partial charge in [0.2, 0.25) is 0 Å². The molecular weight excluding hydrogens is 263 g/mol. The average molecular weight is 282 g/mol. The van der Waals surface area contributed by atoms with Crippen LogP contribution in [0.2, 0.25) is 0 Å². The van der Waals surface area contributed by atoms with Gasteiger partial charge >= 0.3 is 0 Å². The number of benzene rings is 1. The molecule has 1 aromatic rings. The molecule has 3 rings (SSSR count). The average Bonchev–Trinajstić information content (AvgIpc) is 3.29. The Hall–Kier alpha value is -2.05. The molecule has 1 nitrogen and oxygen atoms in total. The third-order valence-electron chi connectivity index (χ3n) is 3.75. The van der Waals surface area contributed by atoms with Gasteiger partial charge in [-0.2, -0.15) is 0 Å². The topological polar surface area (TPSA) is 9.23 Å². The largest absolute Gasteiger partial charge is 0.481 e. The maximum Gasteiger partial charge on any atom is 0.162 e. The molecule has 21 heavy (non-hydrogen) atoms. The highest BCUT2D eigenvalue weighted by Gasteiger charge is 2.24. The van der Waals surface area contributed by atoms with Gasteiger partial charge < -0.3 is 4.74 Å². The van der Waals surface area contributed by atoms with Crippen LogP contribution in [-0.4, -0.2) is 0 Å². The first-order valence-corrected chi connectivity index (χ1v) is 7.49. The van der Waals surface area contributed by atoms with E-state index in [-0.39, 0.29) is 5.82 Å². The van der Waals surface area contributed by atoms with Crippen molar-refractivity contribution in [3.8, 4) is 0 Å². The number of hydrogen-bond donors (Lipinski definition) is 0. The smallest absolute Gasteiger partial charge is 0.162 e. The van der Waals surface area contributed by atoms with Gasteiger partial charge in [0.15, 0.2) is 5.76 Å². The number of hydrogen-bond acceptors (Lipinski definition) is 1. The highest BCUT2D eigenvalue weighted by molar-refractivity contribution is 5.23. The van der Waals surface area contributed by atoms with Crippen molar-refractivity contribution in [1.82, 2.24) is 0 Å². The van der Waals surface area contributed by atoms with Gasteiger partial charge in [-0.3, -0.25) is 0 Å². The van der Waals surface area contributed by atoms with Gasteiger partial charge in [0.05, 0.1) is 0 Å². The molecule has 0 unspecified atom stereocenters. The van der Waals surface area contributed by atoms with E-state index in [9.17, 15) is 4.39 Å². The third-order valence-corrected chi connectivity index (χ3v) is 3.75. The summed E-state index contributed by atoms with van der Waals surface area (Å²) in [6.07, 6.45) is 13.0. The summed E-state index contributed by atoms with van der Waals surface area (Å²) in [5.74, 6) is 1.28. The molecule has 0 bridgehead atoms. The Balaban J connectivity index is 1.61. The minimum atomic E-state index is -0.232. The number of allylic oxidation sites excluding steroid dienone is 4. The lowest BCUT2D eigenvalue weighted by molar-refractivity contribution is 0.211. The van der Waals surface area contributed by atoms with E-state index in [1.54, 1.807) is 6.07 Å². The van der Waals surface area contributed by atoms with Crippen molar-refractivity contribution in [2.45, 2.75) is 32.3 Å². The van der Waals surface area contributed by atoms with Gasteiger partial charge in [-0.25, -0.2) is 4.39 Å². The van der Waals surface area contributed by atoms with Crippen molar-refractivity contribution >= 4 is 0 Å². The fraction of sp³-hybridized carbons (Fsp3) is 0.316. The Labute approximate surface area is 125 Å². The molecule has 1 fully saturated rings. The SMILES string of the molecule is Fc1cccc(COC2=C=CC/C=C(/C3CC3)C/C=C\2)c1. The first kappa shape index (κ1) is 13.9. The Morgan fingerprint density at radius 2 is 2.19 bits per heavy atom. The molecule has 0 aromatic heterocycles. The van der Waals surface area contributed by atoms with Crippen molar-refractivity contribution in [3.63, 3.8) is 0 Å². The lowest BCUT2D eigenvalue weighted by atomic mass is 10.1. The van der Waals surface area contributed by atoms with E-state index in [0.717, 1.165) is 24.3 Å². The van der Waals surface area contributed by atoms with Crippen molar-refractivity contribution in [1.29, 1.82) is 0 Å². The summed E-state index contributed by atoms with van der Waals surface area (Å²) >= 11 is 0. The summed E-state index contributed by atoms with van der Waals surface area (Å²) in [5.41, 5.74) is 5.54. The van der Waals surface area contributed by atoms with E-state index in [4.69, 9.17) is 4.74 Å². The molecule has 2 heteroatoms. The molecule has 0 heterocycles. The molecule has 0 spiro atoms. The van der Waals surface area contributed by atoms with Crippen molar-refractivity contribution in [2.24, 2.45) is 5.92 Å². The second-order valence-corrected chi connectivity index (χ2v) is 5.53.